The van der Waals surface area contributed by atoms with Crippen LogP contribution in [0.25, 0.3) is 0 Å². The van der Waals surface area contributed by atoms with Gasteiger partial charge in [0.1, 0.15) is 6.04 Å². The second kappa shape index (κ2) is 14.2. The molecule has 182 valence electrons. The molecule has 0 aliphatic heterocycles. The lowest BCUT2D eigenvalue weighted by Crippen LogP contribution is -2.45. The smallest absolute Gasteiger partial charge is 0.321 e. The van der Waals surface area contributed by atoms with E-state index in [1.807, 2.05) is 24.3 Å². The van der Waals surface area contributed by atoms with Gasteiger partial charge in [0.25, 0.3) is 0 Å². The lowest BCUT2D eigenvalue weighted by Gasteiger charge is -2.24. The highest BCUT2D eigenvalue weighted by Crippen LogP contribution is 2.22. The number of hydrogen-bond acceptors (Lipinski definition) is 3. The van der Waals surface area contributed by atoms with E-state index >= 15 is 0 Å². The van der Waals surface area contributed by atoms with Gasteiger partial charge >= 0.3 is 5.97 Å². The van der Waals surface area contributed by atoms with Crippen LogP contribution in [0.15, 0.2) is 35.9 Å². The van der Waals surface area contributed by atoms with E-state index in [1.54, 1.807) is 6.08 Å². The lowest BCUT2D eigenvalue weighted by atomic mass is 9.97. The van der Waals surface area contributed by atoms with Crippen LogP contribution in [0, 0.1) is 0 Å². The highest BCUT2D eigenvalue weighted by Gasteiger charge is 2.23. The fraction of sp³-hybridized carbons (Fsp3) is 0.643. The van der Waals surface area contributed by atoms with Crippen LogP contribution in [-0.2, 0) is 22.6 Å². The first-order chi connectivity index (χ1) is 16.1. The van der Waals surface area contributed by atoms with Crippen molar-refractivity contribution in [1.82, 2.24) is 10.6 Å². The summed E-state index contributed by atoms with van der Waals surface area (Å²) in [6.07, 6.45) is 18.6. The second-order valence-corrected chi connectivity index (χ2v) is 9.86. The fourth-order valence-corrected chi connectivity index (χ4v) is 5.20. The summed E-state index contributed by atoms with van der Waals surface area (Å²) in [5, 5.41) is 16.4. The Kier molecular flexibility index (Phi) is 11.0. The number of nitrogens with one attached hydrogen (secondary N) is 2. The van der Waals surface area contributed by atoms with E-state index in [1.165, 1.54) is 69.8 Å². The molecule has 1 aromatic carbocycles. The number of benzene rings is 1. The van der Waals surface area contributed by atoms with Crippen molar-refractivity contribution >= 4 is 11.9 Å². The number of amides is 1. The number of allylic oxidation sites excluding steroid dienone is 1. The van der Waals surface area contributed by atoms with Crippen LogP contribution >= 0.6 is 0 Å². The van der Waals surface area contributed by atoms with Crippen molar-refractivity contribution in [2.24, 2.45) is 0 Å². The Hall–Kier alpha value is -2.14. The van der Waals surface area contributed by atoms with Gasteiger partial charge in [0, 0.05) is 18.7 Å². The zero-order chi connectivity index (χ0) is 23.3. The molecule has 2 aliphatic rings. The average Bonchev–Trinajstić information content (AvgIpc) is 2.99. The number of carbonyl (C=O) groups is 2. The molecule has 1 atom stereocenters. The standard InChI is InChI=1S/C28H42N2O3/c31-27(19-22-13-7-5-6-8-14-22)29-21-24-16-12-11-15-23(24)20-26(28(32)33)30-25-17-9-3-1-2-4-10-18-25/h11-12,15-16,19,25-26,30H,1-10,13-14,17-18,20-21H2,(H,29,31)(H,32,33)/t26-/m0/s1. The van der Waals surface area contributed by atoms with E-state index in [9.17, 15) is 14.7 Å². The van der Waals surface area contributed by atoms with Crippen molar-refractivity contribution in [2.75, 3.05) is 0 Å². The Morgan fingerprint density at radius 2 is 1.45 bits per heavy atom. The van der Waals surface area contributed by atoms with Gasteiger partial charge < -0.3 is 15.7 Å². The zero-order valence-corrected chi connectivity index (χ0v) is 20.1. The summed E-state index contributed by atoms with van der Waals surface area (Å²) < 4.78 is 0. The van der Waals surface area contributed by atoms with Crippen molar-refractivity contribution < 1.29 is 14.7 Å². The Balaban J connectivity index is 1.59. The molecule has 0 saturated heterocycles. The molecule has 0 radical (unpaired) electrons. The molecule has 1 amide bonds. The minimum atomic E-state index is -0.799. The molecule has 0 heterocycles. The summed E-state index contributed by atoms with van der Waals surface area (Å²) in [5.41, 5.74) is 3.24. The third-order valence-electron chi connectivity index (χ3n) is 7.17. The molecular formula is C28H42N2O3. The Labute approximate surface area is 199 Å². The molecule has 0 spiro atoms. The van der Waals surface area contributed by atoms with Gasteiger partial charge in [0.2, 0.25) is 5.91 Å². The predicted molar refractivity (Wildman–Crippen MR) is 133 cm³/mol. The van der Waals surface area contributed by atoms with Gasteiger partial charge in [-0.2, -0.15) is 0 Å². The average molecular weight is 455 g/mol. The topological polar surface area (TPSA) is 78.4 Å². The van der Waals surface area contributed by atoms with Gasteiger partial charge in [-0.1, -0.05) is 81.2 Å². The molecule has 2 aliphatic carbocycles. The van der Waals surface area contributed by atoms with E-state index in [0.717, 1.165) is 36.8 Å². The van der Waals surface area contributed by atoms with E-state index in [0.29, 0.717) is 13.0 Å². The maximum atomic E-state index is 12.5. The minimum absolute atomic E-state index is 0.0415. The number of carboxylic acids is 1. The van der Waals surface area contributed by atoms with Gasteiger partial charge in [0.05, 0.1) is 0 Å². The van der Waals surface area contributed by atoms with Crippen LogP contribution in [0.2, 0.25) is 0 Å². The van der Waals surface area contributed by atoms with Gasteiger partial charge in [0.15, 0.2) is 0 Å². The molecule has 0 unspecified atom stereocenters. The Morgan fingerprint density at radius 1 is 0.879 bits per heavy atom. The summed E-state index contributed by atoms with van der Waals surface area (Å²) in [7, 11) is 0. The number of carbonyl (C=O) groups excluding carboxylic acids is 1. The highest BCUT2D eigenvalue weighted by molar-refractivity contribution is 5.88. The number of aliphatic carboxylic acids is 1. The molecule has 0 aromatic heterocycles. The Bertz CT molecular complexity index is 769. The van der Waals surface area contributed by atoms with Crippen LogP contribution in [-0.4, -0.2) is 29.1 Å². The summed E-state index contributed by atoms with van der Waals surface area (Å²) in [6, 6.07) is 7.55. The van der Waals surface area contributed by atoms with Crippen LogP contribution < -0.4 is 10.6 Å². The fourth-order valence-electron chi connectivity index (χ4n) is 5.20. The monoisotopic (exact) mass is 454 g/mol. The first-order valence-electron chi connectivity index (χ1n) is 13.1. The van der Waals surface area contributed by atoms with Crippen molar-refractivity contribution in [3.05, 3.63) is 47.0 Å². The zero-order valence-electron chi connectivity index (χ0n) is 20.1. The number of carboxylic acid groups (broad SMARTS) is 1. The third-order valence-corrected chi connectivity index (χ3v) is 7.17. The van der Waals surface area contributed by atoms with Gasteiger partial charge in [-0.25, -0.2) is 0 Å². The molecule has 1 aromatic rings. The second-order valence-electron chi connectivity index (χ2n) is 9.86. The van der Waals surface area contributed by atoms with Gasteiger partial charge in [-0.3, -0.25) is 9.59 Å². The first-order valence-corrected chi connectivity index (χ1v) is 13.1. The largest absolute Gasteiger partial charge is 0.480 e. The van der Waals surface area contributed by atoms with E-state index < -0.39 is 12.0 Å². The first kappa shape index (κ1) is 25.5. The maximum absolute atomic E-state index is 12.5. The van der Waals surface area contributed by atoms with Crippen molar-refractivity contribution in [3.8, 4) is 0 Å². The summed E-state index contributed by atoms with van der Waals surface area (Å²) in [5.74, 6) is -0.841. The van der Waals surface area contributed by atoms with Crippen molar-refractivity contribution in [1.29, 1.82) is 0 Å². The predicted octanol–water partition coefficient (Wildman–Crippen LogP) is 5.67. The third kappa shape index (κ3) is 9.32. The molecule has 33 heavy (non-hydrogen) atoms. The Morgan fingerprint density at radius 3 is 2.09 bits per heavy atom. The SMILES string of the molecule is O=C(C=C1CCCCCC1)NCc1ccccc1C[C@H](NC1CCCCCCCC1)C(=O)O. The van der Waals surface area contributed by atoms with Crippen LogP contribution in [0.4, 0.5) is 0 Å². The lowest BCUT2D eigenvalue weighted by molar-refractivity contribution is -0.139. The molecule has 3 rings (SSSR count). The molecule has 3 N–H and O–H groups in total. The van der Waals surface area contributed by atoms with E-state index in [-0.39, 0.29) is 11.9 Å². The summed E-state index contributed by atoms with van der Waals surface area (Å²) >= 11 is 0. The normalized spacial score (nSPS) is 19.5. The summed E-state index contributed by atoms with van der Waals surface area (Å²) in [4.78, 5) is 24.6. The minimum Gasteiger partial charge on any atom is -0.480 e. The van der Waals surface area contributed by atoms with Crippen molar-refractivity contribution in [3.63, 3.8) is 0 Å². The summed E-state index contributed by atoms with van der Waals surface area (Å²) in [6.45, 7) is 0.425. The molecule has 5 nitrogen and oxygen atoms in total. The number of rotatable bonds is 8. The molecule has 0 bridgehead atoms. The maximum Gasteiger partial charge on any atom is 0.321 e. The molecular weight excluding hydrogens is 412 g/mol. The van der Waals surface area contributed by atoms with Crippen LogP contribution in [0.5, 0.6) is 0 Å². The molecule has 2 fully saturated rings. The van der Waals surface area contributed by atoms with Crippen LogP contribution in [0.3, 0.4) is 0 Å². The van der Waals surface area contributed by atoms with Gasteiger partial charge in [-0.05, 0) is 56.1 Å². The van der Waals surface area contributed by atoms with Crippen molar-refractivity contribution in [2.45, 2.75) is 115 Å². The van der Waals surface area contributed by atoms with E-state index in [4.69, 9.17) is 0 Å². The van der Waals surface area contributed by atoms with Crippen LogP contribution in [0.1, 0.15) is 101 Å². The molecule has 2 saturated carbocycles. The van der Waals surface area contributed by atoms with E-state index in [2.05, 4.69) is 10.6 Å². The molecule has 5 heteroatoms. The highest BCUT2D eigenvalue weighted by atomic mass is 16.4. The number of hydrogen-bond donors (Lipinski definition) is 3. The quantitative estimate of drug-likeness (QED) is 0.349. The van der Waals surface area contributed by atoms with Gasteiger partial charge in [-0.15, -0.1) is 0 Å².